The molecule has 6 atom stereocenters. The summed E-state index contributed by atoms with van der Waals surface area (Å²) in [7, 11) is 0. The van der Waals surface area contributed by atoms with Gasteiger partial charge in [-0.1, -0.05) is 73.2 Å². The van der Waals surface area contributed by atoms with E-state index >= 15 is 4.79 Å². The topological polar surface area (TPSA) is 99.6 Å². The third kappa shape index (κ3) is 5.44. The Morgan fingerprint density at radius 3 is 2.10 bits per heavy atom. The van der Waals surface area contributed by atoms with Crippen LogP contribution in [0.3, 0.4) is 0 Å². The largest absolute Gasteiger partial charge is 0.494 e. The minimum atomic E-state index is -1.47. The molecule has 3 aromatic rings. The summed E-state index contributed by atoms with van der Waals surface area (Å²) in [4.78, 5) is 49.8. The fourth-order valence-corrected chi connectivity index (χ4v) is 8.33. The number of ether oxygens (including phenoxy) is 2. The lowest BCUT2D eigenvalue weighted by Crippen LogP contribution is -2.59. The highest BCUT2D eigenvalue weighted by Crippen LogP contribution is 2.59. The van der Waals surface area contributed by atoms with E-state index in [1.165, 1.54) is 4.90 Å². The highest BCUT2D eigenvalue weighted by molar-refractivity contribution is 6.30. The fourth-order valence-electron chi connectivity index (χ4n) is 8.20. The molecule has 49 heavy (non-hydrogen) atoms. The molecule has 0 bridgehead atoms. The standard InChI is InChI=1S/C39H40ClN3O6/c1-3-38-20-8-22-41(29-16-18-31(19-17-29)48-4-2)35(45)32(38)33-36(46)43(30(25-44)24-26-10-6-5-7-11-26)34-37(47)42(23-9-21-39(33,34)49-38)28-14-12-27(40)13-15-28/h5-21,30,32-34,44H,3-4,22-25H2,1-2H3/t30-,32+,33+,34?,38-,39+/m1/s1. The summed E-state index contributed by atoms with van der Waals surface area (Å²) in [5, 5.41) is 11.4. The highest BCUT2D eigenvalue weighted by Gasteiger charge is 2.76. The normalized spacial score (nSPS) is 28.2. The first-order valence-electron chi connectivity index (χ1n) is 16.9. The van der Waals surface area contributed by atoms with E-state index in [4.69, 9.17) is 21.1 Å². The minimum absolute atomic E-state index is 0.227. The molecule has 254 valence electrons. The third-order valence-corrected chi connectivity index (χ3v) is 10.6. The van der Waals surface area contributed by atoms with Crippen LogP contribution in [0.1, 0.15) is 25.8 Å². The van der Waals surface area contributed by atoms with E-state index in [0.29, 0.717) is 48.1 Å². The molecule has 1 N–H and O–H groups in total. The summed E-state index contributed by atoms with van der Waals surface area (Å²) in [6.07, 6.45) is 8.25. The number of amides is 3. The summed E-state index contributed by atoms with van der Waals surface area (Å²) in [5.74, 6) is -2.24. The second-order valence-corrected chi connectivity index (χ2v) is 13.4. The van der Waals surface area contributed by atoms with E-state index in [2.05, 4.69) is 0 Å². The fraction of sp³-hybridized carbons (Fsp3) is 0.359. The average Bonchev–Trinajstić information content (AvgIpc) is 3.41. The Morgan fingerprint density at radius 1 is 0.837 bits per heavy atom. The van der Waals surface area contributed by atoms with E-state index in [0.717, 1.165) is 5.56 Å². The Hall–Kier alpha value is -4.44. The van der Waals surface area contributed by atoms with Crippen molar-refractivity contribution in [3.8, 4) is 5.75 Å². The number of fused-ring (bicyclic) bond motifs is 2. The van der Waals surface area contributed by atoms with E-state index in [1.54, 1.807) is 34.1 Å². The molecular weight excluding hydrogens is 642 g/mol. The van der Waals surface area contributed by atoms with Crippen molar-refractivity contribution in [2.75, 3.05) is 36.1 Å². The number of aliphatic hydroxyl groups is 1. The van der Waals surface area contributed by atoms with Crippen LogP contribution in [-0.2, 0) is 25.5 Å². The first-order chi connectivity index (χ1) is 23.8. The van der Waals surface area contributed by atoms with Crippen LogP contribution in [0, 0.1) is 11.8 Å². The van der Waals surface area contributed by atoms with Gasteiger partial charge in [0.25, 0.3) is 5.91 Å². The van der Waals surface area contributed by atoms with Gasteiger partial charge in [-0.15, -0.1) is 0 Å². The predicted molar refractivity (Wildman–Crippen MR) is 188 cm³/mol. The van der Waals surface area contributed by atoms with Crippen molar-refractivity contribution in [3.63, 3.8) is 0 Å². The summed E-state index contributed by atoms with van der Waals surface area (Å²) in [6.45, 7) is 4.52. The number of rotatable bonds is 9. The smallest absolute Gasteiger partial charge is 0.253 e. The van der Waals surface area contributed by atoms with E-state index < -0.39 is 35.1 Å². The maximum atomic E-state index is 15.1. The lowest BCUT2D eigenvalue weighted by Gasteiger charge is -2.41. The molecule has 0 aromatic heterocycles. The Bertz CT molecular complexity index is 1780. The van der Waals surface area contributed by atoms with Crippen molar-refractivity contribution >= 4 is 40.7 Å². The van der Waals surface area contributed by atoms with Gasteiger partial charge in [0, 0.05) is 29.5 Å². The van der Waals surface area contributed by atoms with E-state index in [9.17, 15) is 14.7 Å². The molecule has 7 rings (SSSR count). The molecule has 0 aliphatic carbocycles. The molecule has 2 saturated heterocycles. The number of hydrogen-bond acceptors (Lipinski definition) is 6. The SMILES string of the molecule is CCOc1ccc(N2CC=C[C@@]3(CC)O[C@]45C=CCN(c6ccc(Cl)cc6)C(=O)C4N([C@@H](CO)Cc4ccccc4)C(=O)[C@@H]5[C@H]3C2=O)cc1. The zero-order valence-electron chi connectivity index (χ0n) is 27.6. The number of nitrogens with zero attached hydrogens (tertiary/aromatic N) is 3. The quantitative estimate of drug-likeness (QED) is 0.312. The van der Waals surface area contributed by atoms with Crippen molar-refractivity contribution in [1.82, 2.24) is 4.90 Å². The van der Waals surface area contributed by atoms with Gasteiger partial charge in [-0.2, -0.15) is 0 Å². The Morgan fingerprint density at radius 2 is 1.47 bits per heavy atom. The van der Waals surface area contributed by atoms with Crippen LogP contribution in [0.4, 0.5) is 11.4 Å². The first-order valence-corrected chi connectivity index (χ1v) is 17.3. The number of carbonyl (C=O) groups is 3. The van der Waals surface area contributed by atoms with Crippen LogP contribution in [0.2, 0.25) is 5.02 Å². The molecule has 4 aliphatic rings. The zero-order valence-corrected chi connectivity index (χ0v) is 28.3. The van der Waals surface area contributed by atoms with Gasteiger partial charge >= 0.3 is 0 Å². The Balaban J connectivity index is 1.35. The van der Waals surface area contributed by atoms with Gasteiger partial charge in [0.05, 0.1) is 36.7 Å². The summed E-state index contributed by atoms with van der Waals surface area (Å²) in [5.41, 5.74) is -0.419. The van der Waals surface area contributed by atoms with Crippen molar-refractivity contribution in [2.45, 2.75) is 50.0 Å². The molecule has 0 saturated carbocycles. The van der Waals surface area contributed by atoms with Crippen LogP contribution in [0.5, 0.6) is 5.75 Å². The summed E-state index contributed by atoms with van der Waals surface area (Å²) in [6, 6.07) is 22.0. The van der Waals surface area contributed by atoms with Crippen molar-refractivity contribution in [1.29, 1.82) is 0 Å². The number of halogens is 1. The van der Waals surface area contributed by atoms with Crippen LogP contribution in [0.15, 0.2) is 103 Å². The van der Waals surface area contributed by atoms with Crippen LogP contribution in [-0.4, -0.2) is 77.3 Å². The number of anilines is 2. The lowest BCUT2D eigenvalue weighted by molar-refractivity contribution is -0.149. The van der Waals surface area contributed by atoms with Gasteiger partial charge in [-0.3, -0.25) is 14.4 Å². The van der Waals surface area contributed by atoms with E-state index in [-0.39, 0.29) is 30.9 Å². The molecular formula is C39H40ClN3O6. The number of likely N-dealkylation sites (tertiary alicyclic amines) is 1. The predicted octanol–water partition coefficient (Wildman–Crippen LogP) is 5.21. The maximum absolute atomic E-state index is 15.1. The molecule has 4 heterocycles. The number of aliphatic hydroxyl groups excluding tert-OH is 1. The lowest BCUT2D eigenvalue weighted by atomic mass is 9.73. The number of carbonyl (C=O) groups excluding carboxylic acids is 3. The monoisotopic (exact) mass is 681 g/mol. The number of hydrogen-bond donors (Lipinski definition) is 1. The molecule has 0 radical (unpaired) electrons. The molecule has 4 aliphatic heterocycles. The van der Waals surface area contributed by atoms with Crippen molar-refractivity contribution in [2.24, 2.45) is 11.8 Å². The molecule has 3 amide bonds. The molecule has 10 heteroatoms. The second kappa shape index (κ2) is 13.1. The summed E-state index contributed by atoms with van der Waals surface area (Å²) < 4.78 is 12.8. The van der Waals surface area contributed by atoms with Crippen LogP contribution in [0.25, 0.3) is 0 Å². The Labute approximate surface area is 291 Å². The van der Waals surface area contributed by atoms with Crippen LogP contribution >= 0.6 is 11.6 Å². The number of benzene rings is 3. The van der Waals surface area contributed by atoms with E-state index in [1.807, 2.05) is 92.7 Å². The van der Waals surface area contributed by atoms with Crippen molar-refractivity contribution < 1.29 is 29.0 Å². The van der Waals surface area contributed by atoms with Gasteiger partial charge in [-0.25, -0.2) is 0 Å². The van der Waals surface area contributed by atoms with Crippen LogP contribution < -0.4 is 14.5 Å². The van der Waals surface area contributed by atoms with Gasteiger partial charge in [0.2, 0.25) is 11.8 Å². The van der Waals surface area contributed by atoms with Gasteiger partial charge in [0.15, 0.2) is 0 Å². The highest BCUT2D eigenvalue weighted by atomic mass is 35.5. The zero-order chi connectivity index (χ0) is 34.3. The van der Waals surface area contributed by atoms with Gasteiger partial charge < -0.3 is 29.3 Å². The molecule has 1 unspecified atom stereocenters. The first kappa shape index (κ1) is 33.1. The van der Waals surface area contributed by atoms with Gasteiger partial charge in [0.1, 0.15) is 17.4 Å². The molecule has 9 nitrogen and oxygen atoms in total. The second-order valence-electron chi connectivity index (χ2n) is 13.0. The van der Waals surface area contributed by atoms with Crippen molar-refractivity contribution in [3.05, 3.63) is 114 Å². The molecule has 1 spiro atoms. The molecule has 3 aromatic carbocycles. The maximum Gasteiger partial charge on any atom is 0.253 e. The third-order valence-electron chi connectivity index (χ3n) is 10.4. The van der Waals surface area contributed by atoms with Gasteiger partial charge in [-0.05, 0) is 73.9 Å². The minimum Gasteiger partial charge on any atom is -0.494 e. The average molecular weight is 682 g/mol. The Kier molecular flexibility index (Phi) is 8.85. The summed E-state index contributed by atoms with van der Waals surface area (Å²) >= 11 is 6.20. The molecule has 2 fully saturated rings.